The smallest absolute Gasteiger partial charge is 0.185 e. The maximum atomic E-state index is 5.74. The van der Waals surface area contributed by atoms with Gasteiger partial charge >= 0.3 is 0 Å². The molecule has 1 aliphatic rings. The Bertz CT molecular complexity index is 322. The minimum Gasteiger partial charge on any atom is -0.343 e. The molecule has 0 N–H and O–H groups in total. The van der Waals surface area contributed by atoms with Crippen molar-refractivity contribution in [2.24, 2.45) is 0 Å². The van der Waals surface area contributed by atoms with Crippen molar-refractivity contribution in [3.05, 3.63) is 11.1 Å². The van der Waals surface area contributed by atoms with Crippen LogP contribution < -0.4 is 4.90 Å². The van der Waals surface area contributed by atoms with Crippen LogP contribution in [-0.4, -0.2) is 17.1 Å². The molecular formula is C10H15ClN2S. The van der Waals surface area contributed by atoms with Gasteiger partial charge in [-0.15, -0.1) is 22.9 Å². The van der Waals surface area contributed by atoms with E-state index in [1.807, 2.05) is 0 Å². The molecule has 0 saturated carbocycles. The zero-order valence-corrected chi connectivity index (χ0v) is 10.2. The van der Waals surface area contributed by atoms with Gasteiger partial charge in [0.1, 0.15) is 0 Å². The zero-order chi connectivity index (χ0) is 10.2. The predicted octanol–water partition coefficient (Wildman–Crippen LogP) is 3.26. The molecule has 0 aliphatic carbocycles. The maximum Gasteiger partial charge on any atom is 0.185 e. The molecule has 4 heteroatoms. The topological polar surface area (TPSA) is 16.1 Å². The number of hydrogen-bond donors (Lipinski definition) is 0. The minimum absolute atomic E-state index is 0.265. The first kappa shape index (κ1) is 10.2. The van der Waals surface area contributed by atoms with Gasteiger partial charge in [-0.1, -0.05) is 0 Å². The van der Waals surface area contributed by atoms with Crippen molar-refractivity contribution in [1.29, 1.82) is 0 Å². The normalized spacial score (nSPS) is 20.4. The molecule has 2 heterocycles. The molecule has 1 aromatic heterocycles. The monoisotopic (exact) mass is 230 g/mol. The summed E-state index contributed by atoms with van der Waals surface area (Å²) in [5.41, 5.74) is 1.26. The van der Waals surface area contributed by atoms with Gasteiger partial charge in [0.15, 0.2) is 5.13 Å². The Morgan fingerprint density at radius 3 is 2.93 bits per heavy atom. The lowest BCUT2D eigenvalue weighted by Crippen LogP contribution is -2.38. The molecule has 0 unspecified atom stereocenters. The van der Waals surface area contributed by atoms with E-state index in [4.69, 9.17) is 11.6 Å². The van der Waals surface area contributed by atoms with Gasteiger partial charge in [-0.3, -0.25) is 0 Å². The van der Waals surface area contributed by atoms with Gasteiger partial charge in [-0.2, -0.15) is 0 Å². The van der Waals surface area contributed by atoms with Crippen LogP contribution in [0, 0.1) is 0 Å². The van der Waals surface area contributed by atoms with Gasteiger partial charge in [-0.05, 0) is 26.7 Å². The molecule has 0 radical (unpaired) electrons. The summed E-state index contributed by atoms with van der Waals surface area (Å²) < 4.78 is 0. The molecule has 2 rings (SSSR count). The van der Waals surface area contributed by atoms with E-state index < -0.39 is 0 Å². The van der Waals surface area contributed by atoms with Crippen molar-refractivity contribution in [1.82, 2.24) is 4.98 Å². The second-order valence-electron chi connectivity index (χ2n) is 4.32. The minimum atomic E-state index is 0.265. The summed E-state index contributed by atoms with van der Waals surface area (Å²) in [5.74, 6) is 0.519. The lowest BCUT2D eigenvalue weighted by atomic mass is 10.0. The summed E-state index contributed by atoms with van der Waals surface area (Å²) >= 11 is 7.45. The molecule has 1 aromatic rings. The Kier molecular flexibility index (Phi) is 2.71. The SMILES string of the molecule is CC1(C)CCCN1c1nc(CCl)cs1. The highest BCUT2D eigenvalue weighted by Gasteiger charge is 2.33. The Morgan fingerprint density at radius 1 is 1.64 bits per heavy atom. The first-order valence-electron chi connectivity index (χ1n) is 4.91. The van der Waals surface area contributed by atoms with E-state index in [0.717, 1.165) is 17.4 Å². The molecule has 0 amide bonds. The maximum absolute atomic E-state index is 5.74. The Labute approximate surface area is 93.9 Å². The highest BCUT2D eigenvalue weighted by molar-refractivity contribution is 7.13. The first-order chi connectivity index (χ1) is 6.63. The molecule has 0 bridgehead atoms. The molecule has 0 spiro atoms. The molecule has 1 aliphatic heterocycles. The first-order valence-corrected chi connectivity index (χ1v) is 6.33. The number of hydrogen-bond acceptors (Lipinski definition) is 3. The fourth-order valence-corrected chi connectivity index (χ4v) is 3.19. The van der Waals surface area contributed by atoms with Gasteiger partial charge < -0.3 is 4.90 Å². The standard InChI is InChI=1S/C10H15ClN2S/c1-10(2)4-3-5-13(10)9-12-8(6-11)7-14-9/h7H,3-6H2,1-2H3. The van der Waals surface area contributed by atoms with Crippen molar-refractivity contribution in [2.75, 3.05) is 11.4 Å². The number of rotatable bonds is 2. The summed E-state index contributed by atoms with van der Waals surface area (Å²) in [4.78, 5) is 6.92. The van der Waals surface area contributed by atoms with E-state index in [0.29, 0.717) is 5.88 Å². The molecule has 1 fully saturated rings. The highest BCUT2D eigenvalue weighted by atomic mass is 35.5. The summed E-state index contributed by atoms with van der Waals surface area (Å²) in [6, 6.07) is 0. The fraction of sp³-hybridized carbons (Fsp3) is 0.700. The molecule has 78 valence electrons. The van der Waals surface area contributed by atoms with Crippen molar-refractivity contribution in [2.45, 2.75) is 38.1 Å². The van der Waals surface area contributed by atoms with Crippen LogP contribution in [0.5, 0.6) is 0 Å². The molecule has 0 atom stereocenters. The number of anilines is 1. The number of halogens is 1. The lowest BCUT2D eigenvalue weighted by Gasteiger charge is -2.31. The number of alkyl halides is 1. The third-order valence-corrected chi connectivity index (χ3v) is 3.99. The Hall–Kier alpha value is -0.280. The zero-order valence-electron chi connectivity index (χ0n) is 8.59. The molecule has 1 saturated heterocycles. The second-order valence-corrected chi connectivity index (χ2v) is 5.43. The van der Waals surface area contributed by atoms with Crippen LogP contribution in [0.15, 0.2) is 5.38 Å². The quantitative estimate of drug-likeness (QED) is 0.725. The molecule has 14 heavy (non-hydrogen) atoms. The molecular weight excluding hydrogens is 216 g/mol. The summed E-state index contributed by atoms with van der Waals surface area (Å²) in [6.07, 6.45) is 2.52. The Balaban J connectivity index is 2.22. The average molecular weight is 231 g/mol. The Morgan fingerprint density at radius 2 is 2.43 bits per heavy atom. The molecule has 0 aromatic carbocycles. The van der Waals surface area contributed by atoms with Gasteiger partial charge in [0, 0.05) is 17.5 Å². The van der Waals surface area contributed by atoms with E-state index >= 15 is 0 Å². The summed E-state index contributed by atoms with van der Waals surface area (Å²) in [6.45, 7) is 5.69. The van der Waals surface area contributed by atoms with Gasteiger partial charge in [-0.25, -0.2) is 4.98 Å². The number of thiazole rings is 1. The van der Waals surface area contributed by atoms with Crippen LogP contribution in [0.1, 0.15) is 32.4 Å². The van der Waals surface area contributed by atoms with Crippen LogP contribution in [-0.2, 0) is 5.88 Å². The van der Waals surface area contributed by atoms with Gasteiger partial charge in [0.05, 0.1) is 11.6 Å². The van der Waals surface area contributed by atoms with Crippen molar-refractivity contribution in [3.8, 4) is 0 Å². The number of nitrogens with zero attached hydrogens (tertiary/aromatic N) is 2. The van der Waals surface area contributed by atoms with E-state index in [-0.39, 0.29) is 5.54 Å². The molecule has 2 nitrogen and oxygen atoms in total. The van der Waals surface area contributed by atoms with Crippen LogP contribution in [0.3, 0.4) is 0 Å². The van der Waals surface area contributed by atoms with E-state index in [1.54, 1.807) is 11.3 Å². The van der Waals surface area contributed by atoms with E-state index in [2.05, 4.69) is 29.1 Å². The third-order valence-electron chi connectivity index (χ3n) is 2.81. The predicted molar refractivity (Wildman–Crippen MR) is 62.3 cm³/mol. The largest absolute Gasteiger partial charge is 0.343 e. The number of aromatic nitrogens is 1. The van der Waals surface area contributed by atoms with E-state index in [9.17, 15) is 0 Å². The fourth-order valence-electron chi connectivity index (χ4n) is 1.94. The van der Waals surface area contributed by atoms with Crippen LogP contribution >= 0.6 is 22.9 Å². The highest BCUT2D eigenvalue weighted by Crippen LogP contribution is 2.35. The average Bonchev–Trinajstić information content (AvgIpc) is 2.70. The second kappa shape index (κ2) is 3.70. The summed E-state index contributed by atoms with van der Waals surface area (Å²) in [5, 5.41) is 3.18. The third kappa shape index (κ3) is 1.75. The lowest BCUT2D eigenvalue weighted by molar-refractivity contribution is 0.517. The van der Waals surface area contributed by atoms with Gasteiger partial charge in [0.2, 0.25) is 0 Å². The van der Waals surface area contributed by atoms with Crippen molar-refractivity contribution in [3.63, 3.8) is 0 Å². The van der Waals surface area contributed by atoms with Crippen LogP contribution in [0.25, 0.3) is 0 Å². The van der Waals surface area contributed by atoms with Crippen LogP contribution in [0.4, 0.5) is 5.13 Å². The summed E-state index contributed by atoms with van der Waals surface area (Å²) in [7, 11) is 0. The van der Waals surface area contributed by atoms with E-state index in [1.165, 1.54) is 12.8 Å². The van der Waals surface area contributed by atoms with Crippen LogP contribution in [0.2, 0.25) is 0 Å². The van der Waals surface area contributed by atoms with Crippen molar-refractivity contribution < 1.29 is 0 Å². The van der Waals surface area contributed by atoms with Crippen molar-refractivity contribution >= 4 is 28.1 Å². The van der Waals surface area contributed by atoms with Gasteiger partial charge in [0.25, 0.3) is 0 Å².